The largest absolute Gasteiger partial charge is 0.385 e. The summed E-state index contributed by atoms with van der Waals surface area (Å²) in [5.41, 5.74) is 0. The van der Waals surface area contributed by atoms with E-state index < -0.39 is 0 Å². The summed E-state index contributed by atoms with van der Waals surface area (Å²) >= 11 is 0. The molecule has 0 aromatic heterocycles. The Morgan fingerprint density at radius 1 is 1.11 bits per heavy atom. The van der Waals surface area contributed by atoms with E-state index in [1.54, 1.807) is 14.2 Å². The molecule has 114 valence electrons. The molecule has 0 aromatic rings. The lowest BCUT2D eigenvalue weighted by atomic mass is 10.2. The highest BCUT2D eigenvalue weighted by Crippen LogP contribution is 2.17. The third-order valence-corrected chi connectivity index (χ3v) is 4.06. The van der Waals surface area contributed by atoms with E-state index in [2.05, 4.69) is 17.1 Å². The fraction of sp³-hybridized carbons (Fsp3) is 1.00. The first-order valence-corrected chi connectivity index (χ1v) is 7.73. The molecular weight excluding hydrogens is 240 g/mol. The highest BCUT2D eigenvalue weighted by molar-refractivity contribution is 4.77. The van der Waals surface area contributed by atoms with Crippen LogP contribution < -0.4 is 5.32 Å². The van der Waals surface area contributed by atoms with Gasteiger partial charge in [0.2, 0.25) is 0 Å². The zero-order chi connectivity index (χ0) is 13.9. The predicted molar refractivity (Wildman–Crippen MR) is 79.7 cm³/mol. The van der Waals surface area contributed by atoms with Crippen molar-refractivity contribution in [2.75, 3.05) is 47.1 Å². The lowest BCUT2D eigenvalue weighted by molar-refractivity contribution is 0.109. The number of nitrogens with zero attached hydrogens (tertiary/aromatic N) is 1. The Hall–Kier alpha value is -0.160. The maximum atomic E-state index is 5.21. The lowest BCUT2D eigenvalue weighted by Crippen LogP contribution is -2.44. The van der Waals surface area contributed by atoms with Gasteiger partial charge >= 0.3 is 0 Å². The molecule has 4 nitrogen and oxygen atoms in total. The second kappa shape index (κ2) is 10.6. The van der Waals surface area contributed by atoms with Crippen molar-refractivity contribution >= 4 is 0 Å². The first-order valence-electron chi connectivity index (χ1n) is 7.73. The monoisotopic (exact) mass is 272 g/mol. The highest BCUT2D eigenvalue weighted by Gasteiger charge is 2.18. The average molecular weight is 272 g/mol. The molecule has 0 aromatic carbocycles. The summed E-state index contributed by atoms with van der Waals surface area (Å²) in [5, 5.41) is 3.71. The molecule has 0 bridgehead atoms. The molecule has 4 heteroatoms. The van der Waals surface area contributed by atoms with E-state index in [4.69, 9.17) is 9.47 Å². The van der Waals surface area contributed by atoms with Gasteiger partial charge in [-0.2, -0.15) is 0 Å². The normalized spacial score (nSPS) is 18.3. The van der Waals surface area contributed by atoms with Gasteiger partial charge in [0, 0.05) is 52.5 Å². The van der Waals surface area contributed by atoms with Crippen LogP contribution in [-0.2, 0) is 9.47 Å². The van der Waals surface area contributed by atoms with Gasteiger partial charge in [-0.25, -0.2) is 0 Å². The summed E-state index contributed by atoms with van der Waals surface area (Å²) < 4.78 is 10.4. The topological polar surface area (TPSA) is 33.7 Å². The minimum absolute atomic E-state index is 0.563. The highest BCUT2D eigenvalue weighted by atomic mass is 16.5. The zero-order valence-electron chi connectivity index (χ0n) is 13.0. The van der Waals surface area contributed by atoms with E-state index in [1.807, 2.05) is 0 Å². The van der Waals surface area contributed by atoms with Gasteiger partial charge in [0.1, 0.15) is 0 Å². The van der Waals surface area contributed by atoms with Crippen molar-refractivity contribution in [2.45, 2.75) is 51.1 Å². The molecule has 19 heavy (non-hydrogen) atoms. The Morgan fingerprint density at radius 3 is 2.42 bits per heavy atom. The Balaban J connectivity index is 2.24. The van der Waals surface area contributed by atoms with Gasteiger partial charge in [0.25, 0.3) is 0 Å². The molecule has 1 unspecified atom stereocenters. The van der Waals surface area contributed by atoms with Gasteiger partial charge in [0.15, 0.2) is 0 Å². The molecule has 0 aliphatic heterocycles. The number of nitrogens with one attached hydrogen (secondary N) is 1. The van der Waals surface area contributed by atoms with Crippen molar-refractivity contribution in [3.05, 3.63) is 0 Å². The van der Waals surface area contributed by atoms with Crippen LogP contribution in [0.4, 0.5) is 0 Å². The van der Waals surface area contributed by atoms with Crippen LogP contribution in [0.15, 0.2) is 0 Å². The maximum absolute atomic E-state index is 5.21. The molecule has 1 aliphatic carbocycles. The summed E-state index contributed by atoms with van der Waals surface area (Å²) in [6, 6.07) is 1.32. The molecule has 1 rings (SSSR count). The van der Waals surface area contributed by atoms with Gasteiger partial charge in [-0.3, -0.25) is 4.90 Å². The molecule has 1 aliphatic rings. The molecule has 1 saturated carbocycles. The van der Waals surface area contributed by atoms with E-state index in [0.717, 1.165) is 45.3 Å². The van der Waals surface area contributed by atoms with Gasteiger partial charge in [-0.15, -0.1) is 0 Å². The van der Waals surface area contributed by atoms with Crippen LogP contribution in [-0.4, -0.2) is 64.1 Å². The lowest BCUT2D eigenvalue weighted by Gasteiger charge is -2.30. The molecule has 0 amide bonds. The van der Waals surface area contributed by atoms with E-state index in [0.29, 0.717) is 6.04 Å². The van der Waals surface area contributed by atoms with Crippen LogP contribution in [0.1, 0.15) is 39.0 Å². The summed E-state index contributed by atoms with van der Waals surface area (Å²) in [4.78, 5) is 2.50. The van der Waals surface area contributed by atoms with E-state index in [1.165, 1.54) is 25.7 Å². The Morgan fingerprint density at radius 2 is 1.79 bits per heavy atom. The Kier molecular flexibility index (Phi) is 9.43. The van der Waals surface area contributed by atoms with Crippen LogP contribution in [0.5, 0.6) is 0 Å². The minimum atomic E-state index is 0.563. The summed E-state index contributed by atoms with van der Waals surface area (Å²) in [6.45, 7) is 7.14. The maximum Gasteiger partial charge on any atom is 0.0589 e. The molecule has 0 heterocycles. The quantitative estimate of drug-likeness (QED) is 0.582. The van der Waals surface area contributed by atoms with Crippen LogP contribution in [0, 0.1) is 0 Å². The number of rotatable bonds is 11. The van der Waals surface area contributed by atoms with E-state index >= 15 is 0 Å². The minimum Gasteiger partial charge on any atom is -0.385 e. The van der Waals surface area contributed by atoms with E-state index in [9.17, 15) is 0 Å². The average Bonchev–Trinajstić information content (AvgIpc) is 2.93. The Bertz CT molecular complexity index is 208. The predicted octanol–water partition coefficient (Wildman–Crippen LogP) is 1.89. The molecule has 0 spiro atoms. The third kappa shape index (κ3) is 7.25. The van der Waals surface area contributed by atoms with Gasteiger partial charge < -0.3 is 14.8 Å². The van der Waals surface area contributed by atoms with Crippen LogP contribution in [0.3, 0.4) is 0 Å². The smallest absolute Gasteiger partial charge is 0.0589 e. The summed E-state index contributed by atoms with van der Waals surface area (Å²) in [6.07, 6.45) is 6.59. The van der Waals surface area contributed by atoms with Gasteiger partial charge in [0.05, 0.1) is 6.61 Å². The molecule has 1 atom stereocenters. The fourth-order valence-electron chi connectivity index (χ4n) is 2.77. The fourth-order valence-corrected chi connectivity index (χ4v) is 2.77. The zero-order valence-corrected chi connectivity index (χ0v) is 13.0. The summed E-state index contributed by atoms with van der Waals surface area (Å²) in [5.74, 6) is 0. The Labute approximate surface area is 118 Å². The van der Waals surface area contributed by atoms with Crippen LogP contribution in [0.2, 0.25) is 0 Å². The van der Waals surface area contributed by atoms with Crippen molar-refractivity contribution in [3.63, 3.8) is 0 Å². The number of methoxy groups -OCH3 is 2. The standard InChI is InChI=1S/C15H32N2O2/c1-14(13-16-15-7-4-5-8-15)17(10-12-19-3)9-6-11-18-2/h14-16H,4-13H2,1-3H3. The molecule has 0 radical (unpaired) electrons. The van der Waals surface area contributed by atoms with Crippen LogP contribution >= 0.6 is 0 Å². The number of hydrogen-bond acceptors (Lipinski definition) is 4. The molecule has 1 N–H and O–H groups in total. The van der Waals surface area contributed by atoms with E-state index in [-0.39, 0.29) is 0 Å². The second-order valence-electron chi connectivity index (χ2n) is 5.61. The van der Waals surface area contributed by atoms with Crippen molar-refractivity contribution in [3.8, 4) is 0 Å². The van der Waals surface area contributed by atoms with Crippen molar-refractivity contribution in [1.82, 2.24) is 10.2 Å². The summed E-state index contributed by atoms with van der Waals surface area (Å²) in [7, 11) is 3.54. The first kappa shape index (κ1) is 16.9. The third-order valence-electron chi connectivity index (χ3n) is 4.06. The molecule has 0 saturated heterocycles. The number of ether oxygens (including phenoxy) is 2. The van der Waals surface area contributed by atoms with Crippen molar-refractivity contribution < 1.29 is 9.47 Å². The van der Waals surface area contributed by atoms with Gasteiger partial charge in [-0.1, -0.05) is 12.8 Å². The van der Waals surface area contributed by atoms with Crippen molar-refractivity contribution in [2.24, 2.45) is 0 Å². The second-order valence-corrected chi connectivity index (χ2v) is 5.61. The number of hydrogen-bond donors (Lipinski definition) is 1. The van der Waals surface area contributed by atoms with Crippen molar-refractivity contribution in [1.29, 1.82) is 0 Å². The molecule has 1 fully saturated rings. The van der Waals surface area contributed by atoms with Gasteiger partial charge in [-0.05, 0) is 26.2 Å². The SMILES string of the molecule is COCCCN(CCOC)C(C)CNC1CCCC1. The molecular formula is C15H32N2O2. The van der Waals surface area contributed by atoms with Crippen LogP contribution in [0.25, 0.3) is 0 Å². The first-order chi connectivity index (χ1) is 9.27.